The van der Waals surface area contributed by atoms with Gasteiger partial charge in [-0.25, -0.2) is 9.18 Å². The number of carboxylic acids is 1. The van der Waals surface area contributed by atoms with Crippen LogP contribution >= 0.6 is 0 Å². The van der Waals surface area contributed by atoms with Crippen molar-refractivity contribution in [1.29, 1.82) is 0 Å². The second-order valence-electron chi connectivity index (χ2n) is 5.11. The van der Waals surface area contributed by atoms with Crippen molar-refractivity contribution in [3.05, 3.63) is 35.1 Å². The van der Waals surface area contributed by atoms with Crippen molar-refractivity contribution in [2.75, 3.05) is 13.6 Å². The van der Waals surface area contributed by atoms with Crippen LogP contribution in [0.4, 0.5) is 4.39 Å². The third-order valence-corrected chi connectivity index (χ3v) is 3.51. The lowest BCUT2D eigenvalue weighted by Gasteiger charge is -2.30. The molecule has 0 unspecified atom stereocenters. The predicted molar refractivity (Wildman–Crippen MR) is 67.0 cm³/mol. The number of nitrogens with zero attached hydrogens (tertiary/aromatic N) is 1. The molecule has 1 aromatic carbocycles. The van der Waals surface area contributed by atoms with Crippen LogP contribution in [0.15, 0.2) is 18.2 Å². The van der Waals surface area contributed by atoms with Gasteiger partial charge in [-0.3, -0.25) is 0 Å². The highest BCUT2D eigenvalue weighted by atomic mass is 19.1. The zero-order valence-corrected chi connectivity index (χ0v) is 10.5. The number of benzene rings is 1. The zero-order valence-electron chi connectivity index (χ0n) is 10.5. The molecule has 0 aromatic heterocycles. The highest BCUT2D eigenvalue weighted by Crippen LogP contribution is 2.27. The van der Waals surface area contributed by atoms with E-state index < -0.39 is 11.8 Å². The predicted octanol–water partition coefficient (Wildman–Crippen LogP) is 2.76. The molecule has 18 heavy (non-hydrogen) atoms. The summed E-state index contributed by atoms with van der Waals surface area (Å²) in [6, 6.07) is 4.34. The Morgan fingerprint density at radius 1 is 1.50 bits per heavy atom. The van der Waals surface area contributed by atoms with Gasteiger partial charge in [-0.15, -0.1) is 0 Å². The smallest absolute Gasteiger partial charge is 0.338 e. The molecule has 1 N–H and O–H groups in total. The molecular weight excluding hydrogens is 233 g/mol. The summed E-state index contributed by atoms with van der Waals surface area (Å²) in [6.07, 6.45) is 3.90. The quantitative estimate of drug-likeness (QED) is 0.874. The van der Waals surface area contributed by atoms with Gasteiger partial charge in [0.1, 0.15) is 5.82 Å². The van der Waals surface area contributed by atoms with Crippen LogP contribution in [0, 0.1) is 11.7 Å². The van der Waals surface area contributed by atoms with Gasteiger partial charge >= 0.3 is 5.97 Å². The van der Waals surface area contributed by atoms with Crippen molar-refractivity contribution in [3.63, 3.8) is 0 Å². The molecule has 1 aliphatic carbocycles. The Hall–Kier alpha value is -1.42. The number of rotatable bonds is 5. The van der Waals surface area contributed by atoms with Gasteiger partial charge < -0.3 is 10.0 Å². The molecule has 1 saturated carbocycles. The maximum Gasteiger partial charge on any atom is 0.338 e. The Balaban J connectivity index is 1.96. The highest BCUT2D eigenvalue weighted by Gasteiger charge is 2.19. The number of aromatic carboxylic acids is 1. The van der Waals surface area contributed by atoms with Crippen molar-refractivity contribution in [2.24, 2.45) is 5.92 Å². The molecule has 1 aromatic rings. The van der Waals surface area contributed by atoms with Crippen LogP contribution in [0.2, 0.25) is 0 Å². The van der Waals surface area contributed by atoms with E-state index in [4.69, 9.17) is 5.11 Å². The average molecular weight is 251 g/mol. The number of carbonyl (C=O) groups is 1. The average Bonchev–Trinajstić information content (AvgIpc) is 2.23. The van der Waals surface area contributed by atoms with E-state index in [0.717, 1.165) is 18.0 Å². The minimum absolute atomic E-state index is 0.264. The fraction of sp³-hybridized carbons (Fsp3) is 0.500. The summed E-state index contributed by atoms with van der Waals surface area (Å²) in [4.78, 5) is 12.9. The first-order valence-corrected chi connectivity index (χ1v) is 6.26. The first-order valence-electron chi connectivity index (χ1n) is 6.26. The lowest BCUT2D eigenvalue weighted by Crippen LogP contribution is -2.29. The van der Waals surface area contributed by atoms with Crippen molar-refractivity contribution < 1.29 is 14.3 Å². The molecule has 98 valence electrons. The van der Waals surface area contributed by atoms with Gasteiger partial charge in [0.05, 0.1) is 5.56 Å². The summed E-state index contributed by atoms with van der Waals surface area (Å²) in [5, 5.41) is 8.75. The van der Waals surface area contributed by atoms with Crippen LogP contribution in [0.3, 0.4) is 0 Å². The summed E-state index contributed by atoms with van der Waals surface area (Å²) in [6.45, 7) is 1.69. The first-order chi connectivity index (χ1) is 8.56. The Morgan fingerprint density at radius 2 is 2.22 bits per heavy atom. The minimum Gasteiger partial charge on any atom is -0.478 e. The van der Waals surface area contributed by atoms with Gasteiger partial charge in [0.2, 0.25) is 0 Å². The summed E-state index contributed by atoms with van der Waals surface area (Å²) < 4.78 is 13.5. The van der Waals surface area contributed by atoms with Crippen molar-refractivity contribution in [1.82, 2.24) is 4.90 Å². The van der Waals surface area contributed by atoms with E-state index >= 15 is 0 Å². The minimum atomic E-state index is -1.22. The summed E-state index contributed by atoms with van der Waals surface area (Å²) in [7, 11) is 2.02. The van der Waals surface area contributed by atoms with E-state index in [1.807, 2.05) is 7.05 Å². The maximum absolute atomic E-state index is 13.5. The fourth-order valence-electron chi connectivity index (χ4n) is 2.32. The third-order valence-electron chi connectivity index (χ3n) is 3.51. The molecule has 0 radical (unpaired) electrons. The molecule has 4 heteroatoms. The number of hydrogen-bond donors (Lipinski definition) is 1. The van der Waals surface area contributed by atoms with Gasteiger partial charge in [0.15, 0.2) is 0 Å². The van der Waals surface area contributed by atoms with E-state index in [2.05, 4.69) is 4.90 Å². The van der Waals surface area contributed by atoms with E-state index in [0.29, 0.717) is 6.54 Å². The van der Waals surface area contributed by atoms with E-state index in [1.54, 1.807) is 6.07 Å². The number of halogens is 1. The van der Waals surface area contributed by atoms with Gasteiger partial charge in [0.25, 0.3) is 0 Å². The van der Waals surface area contributed by atoms with Gasteiger partial charge in [-0.1, -0.05) is 12.5 Å². The molecule has 2 rings (SSSR count). The van der Waals surface area contributed by atoms with E-state index in [1.165, 1.54) is 31.4 Å². The molecule has 3 nitrogen and oxygen atoms in total. The van der Waals surface area contributed by atoms with Gasteiger partial charge in [-0.2, -0.15) is 0 Å². The second-order valence-corrected chi connectivity index (χ2v) is 5.11. The summed E-state index contributed by atoms with van der Waals surface area (Å²) in [5.41, 5.74) is 0.555. The van der Waals surface area contributed by atoms with Crippen molar-refractivity contribution in [2.45, 2.75) is 25.8 Å². The molecule has 1 fully saturated rings. The molecule has 1 aliphatic rings. The molecule has 0 spiro atoms. The second kappa shape index (κ2) is 5.48. The molecule has 0 heterocycles. The number of carboxylic acid groups (broad SMARTS) is 1. The van der Waals surface area contributed by atoms with Crippen LogP contribution in [-0.4, -0.2) is 29.6 Å². The zero-order chi connectivity index (χ0) is 13.1. The topological polar surface area (TPSA) is 40.5 Å². The normalized spacial score (nSPS) is 15.7. The van der Waals surface area contributed by atoms with Crippen LogP contribution in [0.25, 0.3) is 0 Å². The maximum atomic E-state index is 13.5. The number of hydrogen-bond acceptors (Lipinski definition) is 2. The van der Waals surface area contributed by atoms with E-state index in [-0.39, 0.29) is 5.56 Å². The Morgan fingerprint density at radius 3 is 2.72 bits per heavy atom. The summed E-state index contributed by atoms with van der Waals surface area (Å²) in [5.74, 6) is -1.10. The van der Waals surface area contributed by atoms with Crippen LogP contribution in [0.1, 0.15) is 35.2 Å². The van der Waals surface area contributed by atoms with Crippen LogP contribution in [-0.2, 0) is 6.54 Å². The largest absolute Gasteiger partial charge is 0.478 e. The Kier molecular flexibility index (Phi) is 3.97. The highest BCUT2D eigenvalue weighted by molar-refractivity contribution is 5.87. The standard InChI is InChI=1S/C14H18FNO2/c1-16(8-10-3-2-4-10)9-11-5-6-12(14(17)18)13(15)7-11/h5-7,10H,2-4,8-9H2,1H3,(H,17,18). The molecule has 0 saturated heterocycles. The lowest BCUT2D eigenvalue weighted by atomic mass is 9.85. The van der Waals surface area contributed by atoms with Gasteiger partial charge in [-0.05, 0) is 43.5 Å². The Bertz CT molecular complexity index is 443. The molecule has 0 amide bonds. The van der Waals surface area contributed by atoms with Crippen molar-refractivity contribution in [3.8, 4) is 0 Å². The third kappa shape index (κ3) is 3.07. The van der Waals surface area contributed by atoms with Crippen LogP contribution in [0.5, 0.6) is 0 Å². The molecular formula is C14H18FNO2. The van der Waals surface area contributed by atoms with Crippen LogP contribution < -0.4 is 0 Å². The van der Waals surface area contributed by atoms with Crippen molar-refractivity contribution >= 4 is 5.97 Å². The van der Waals surface area contributed by atoms with Gasteiger partial charge in [0, 0.05) is 13.1 Å². The SMILES string of the molecule is CN(Cc1ccc(C(=O)O)c(F)c1)CC1CCC1. The first kappa shape index (κ1) is 13.0. The fourth-order valence-corrected chi connectivity index (χ4v) is 2.32. The Labute approximate surface area is 106 Å². The lowest BCUT2D eigenvalue weighted by molar-refractivity contribution is 0.0692. The monoisotopic (exact) mass is 251 g/mol. The molecule has 0 bridgehead atoms. The molecule has 0 atom stereocenters. The van der Waals surface area contributed by atoms with E-state index in [9.17, 15) is 9.18 Å². The summed E-state index contributed by atoms with van der Waals surface area (Å²) >= 11 is 0. The molecule has 0 aliphatic heterocycles.